The fourth-order valence-corrected chi connectivity index (χ4v) is 7.09. The second-order valence-electron chi connectivity index (χ2n) is 8.62. The van der Waals surface area contributed by atoms with Gasteiger partial charge in [-0.1, -0.05) is 43.3 Å². The van der Waals surface area contributed by atoms with Crippen molar-refractivity contribution in [2.24, 2.45) is 0 Å². The van der Waals surface area contributed by atoms with Crippen LogP contribution in [-0.2, 0) is 19.7 Å². The molecule has 35 heavy (non-hydrogen) atoms. The number of rotatable bonds is 6. The SMILES string of the molecule is CCC(C)n1c2ccc(S(=O)(=O)c3ccccc3)cc2c2cc(S(=O)(=O)c3ccccc3)ccc21. The second-order valence-corrected chi connectivity index (χ2v) is 12.5. The Balaban J connectivity index is 1.79. The van der Waals surface area contributed by atoms with Crippen molar-refractivity contribution in [3.05, 3.63) is 97.1 Å². The summed E-state index contributed by atoms with van der Waals surface area (Å²) in [7, 11) is -7.45. The molecule has 5 rings (SSSR count). The normalized spacial score (nSPS) is 13.3. The van der Waals surface area contributed by atoms with Crippen LogP contribution < -0.4 is 0 Å². The highest BCUT2D eigenvalue weighted by Gasteiger charge is 2.23. The van der Waals surface area contributed by atoms with Gasteiger partial charge in [-0.15, -0.1) is 0 Å². The fourth-order valence-electron chi connectivity index (χ4n) is 4.47. The van der Waals surface area contributed by atoms with Crippen molar-refractivity contribution < 1.29 is 16.8 Å². The largest absolute Gasteiger partial charge is 0.338 e. The quantitative estimate of drug-likeness (QED) is 0.268. The van der Waals surface area contributed by atoms with E-state index in [1.807, 2.05) is 12.1 Å². The van der Waals surface area contributed by atoms with Crippen molar-refractivity contribution >= 4 is 41.5 Å². The molecule has 0 bridgehead atoms. The lowest BCUT2D eigenvalue weighted by molar-refractivity contribution is 0.563. The van der Waals surface area contributed by atoms with E-state index in [4.69, 9.17) is 0 Å². The molecule has 5 nitrogen and oxygen atoms in total. The summed E-state index contributed by atoms with van der Waals surface area (Å²) in [5.41, 5.74) is 1.74. The first-order valence-electron chi connectivity index (χ1n) is 11.4. The number of hydrogen-bond acceptors (Lipinski definition) is 4. The molecule has 178 valence electrons. The van der Waals surface area contributed by atoms with Gasteiger partial charge in [-0.3, -0.25) is 0 Å². The summed E-state index contributed by atoms with van der Waals surface area (Å²) in [5, 5.41) is 1.42. The smallest absolute Gasteiger partial charge is 0.206 e. The first kappa shape index (κ1) is 23.3. The van der Waals surface area contributed by atoms with Crippen molar-refractivity contribution in [3.63, 3.8) is 0 Å². The molecule has 0 aliphatic heterocycles. The van der Waals surface area contributed by atoms with Gasteiger partial charge < -0.3 is 4.57 Å². The zero-order valence-corrected chi connectivity index (χ0v) is 21.1. The lowest BCUT2D eigenvalue weighted by Crippen LogP contribution is -2.04. The van der Waals surface area contributed by atoms with E-state index in [1.54, 1.807) is 84.9 Å². The second kappa shape index (κ2) is 8.66. The van der Waals surface area contributed by atoms with Crippen LogP contribution in [0.4, 0.5) is 0 Å². The molecule has 0 fully saturated rings. The molecule has 1 unspecified atom stereocenters. The minimum atomic E-state index is -3.72. The number of aromatic nitrogens is 1. The molecular formula is C28H25NO4S2. The number of nitrogens with zero attached hydrogens (tertiary/aromatic N) is 1. The molecule has 0 aliphatic rings. The molecule has 0 spiro atoms. The summed E-state index contributed by atoms with van der Waals surface area (Å²) >= 11 is 0. The highest BCUT2D eigenvalue weighted by molar-refractivity contribution is 7.91. The summed E-state index contributed by atoms with van der Waals surface area (Å²) in [4.78, 5) is 0.793. The van der Waals surface area contributed by atoms with Crippen LogP contribution in [0.15, 0.2) is 117 Å². The Kier molecular flexibility index (Phi) is 5.77. The number of sulfone groups is 2. The van der Waals surface area contributed by atoms with E-state index in [1.165, 1.54) is 0 Å². The van der Waals surface area contributed by atoms with Crippen molar-refractivity contribution in [1.82, 2.24) is 4.57 Å². The highest BCUT2D eigenvalue weighted by atomic mass is 32.2. The van der Waals surface area contributed by atoms with Gasteiger partial charge in [0.05, 0.1) is 19.6 Å². The number of benzene rings is 4. The molecule has 1 heterocycles. The van der Waals surface area contributed by atoms with Gasteiger partial charge in [0.1, 0.15) is 0 Å². The highest BCUT2D eigenvalue weighted by Crippen LogP contribution is 2.37. The first-order valence-corrected chi connectivity index (χ1v) is 14.4. The van der Waals surface area contributed by atoms with E-state index in [2.05, 4.69) is 18.4 Å². The predicted octanol–water partition coefficient (Wildman–Crippen LogP) is 6.43. The minimum Gasteiger partial charge on any atom is -0.338 e. The van der Waals surface area contributed by atoms with Gasteiger partial charge in [0.15, 0.2) is 0 Å². The molecule has 5 aromatic rings. The molecule has 0 saturated heterocycles. The fraction of sp³-hybridized carbons (Fsp3) is 0.143. The number of hydrogen-bond donors (Lipinski definition) is 0. The van der Waals surface area contributed by atoms with Crippen LogP contribution >= 0.6 is 0 Å². The first-order chi connectivity index (χ1) is 16.7. The van der Waals surface area contributed by atoms with Gasteiger partial charge in [0.2, 0.25) is 19.7 Å². The standard InChI is InChI=1S/C28H25NO4S2/c1-3-20(2)29-27-16-14-23(34(30,31)21-10-6-4-7-11-21)18-25(27)26-19-24(15-17-28(26)29)35(32,33)22-12-8-5-9-13-22/h4-20H,3H2,1-2H3. The van der Waals surface area contributed by atoms with Crippen LogP contribution in [0, 0.1) is 0 Å². The molecular weight excluding hydrogens is 478 g/mol. The maximum Gasteiger partial charge on any atom is 0.206 e. The van der Waals surface area contributed by atoms with Crippen LogP contribution in [0.2, 0.25) is 0 Å². The van der Waals surface area contributed by atoms with Crippen LogP contribution in [0.25, 0.3) is 21.8 Å². The summed E-state index contributed by atoms with van der Waals surface area (Å²) in [6.45, 7) is 4.19. The third-order valence-electron chi connectivity index (χ3n) is 6.50. The topological polar surface area (TPSA) is 73.2 Å². The molecule has 0 N–H and O–H groups in total. The molecule has 0 aliphatic carbocycles. The monoisotopic (exact) mass is 503 g/mol. The van der Waals surface area contributed by atoms with Gasteiger partial charge >= 0.3 is 0 Å². The lowest BCUT2D eigenvalue weighted by Gasteiger charge is -2.15. The molecule has 0 amide bonds. The third-order valence-corrected chi connectivity index (χ3v) is 10.0. The summed E-state index contributed by atoms with van der Waals surface area (Å²) in [6, 6.07) is 27.0. The van der Waals surface area contributed by atoms with Crippen molar-refractivity contribution in [2.45, 2.75) is 45.9 Å². The van der Waals surface area contributed by atoms with Crippen molar-refractivity contribution in [1.29, 1.82) is 0 Å². The Bertz CT molecular complexity index is 1630. The Hall–Kier alpha value is -3.42. The van der Waals surface area contributed by atoms with Gasteiger partial charge in [-0.2, -0.15) is 0 Å². The van der Waals surface area contributed by atoms with Crippen molar-refractivity contribution in [3.8, 4) is 0 Å². The average Bonchev–Trinajstić information content (AvgIpc) is 3.22. The van der Waals surface area contributed by atoms with Crippen LogP contribution in [0.1, 0.15) is 26.3 Å². The molecule has 4 aromatic carbocycles. The third kappa shape index (κ3) is 3.85. The molecule has 7 heteroatoms. The summed E-state index contributed by atoms with van der Waals surface area (Å²) in [6.07, 6.45) is 0.868. The van der Waals surface area contributed by atoms with E-state index in [9.17, 15) is 16.8 Å². The number of fused-ring (bicyclic) bond motifs is 3. The van der Waals surface area contributed by atoms with E-state index >= 15 is 0 Å². The van der Waals surface area contributed by atoms with Gasteiger partial charge in [-0.25, -0.2) is 16.8 Å². The van der Waals surface area contributed by atoms with Crippen molar-refractivity contribution in [2.75, 3.05) is 0 Å². The van der Waals surface area contributed by atoms with E-state index in [0.29, 0.717) is 10.8 Å². The Morgan fingerprint density at radius 1 is 0.600 bits per heavy atom. The van der Waals surface area contributed by atoms with Crippen LogP contribution in [0.3, 0.4) is 0 Å². The average molecular weight is 504 g/mol. The maximum atomic E-state index is 13.3. The molecule has 0 saturated carbocycles. The van der Waals surface area contributed by atoms with E-state index < -0.39 is 19.7 Å². The van der Waals surface area contributed by atoms with Gasteiger partial charge in [0, 0.05) is 27.8 Å². The lowest BCUT2D eigenvalue weighted by atomic mass is 10.1. The van der Waals surface area contributed by atoms with E-state index in [-0.39, 0.29) is 25.6 Å². The predicted molar refractivity (Wildman–Crippen MR) is 138 cm³/mol. The van der Waals surface area contributed by atoms with Crippen LogP contribution in [0.5, 0.6) is 0 Å². The minimum absolute atomic E-state index is 0.142. The molecule has 1 aromatic heterocycles. The Morgan fingerprint density at radius 2 is 1.00 bits per heavy atom. The summed E-state index contributed by atoms with van der Waals surface area (Å²) < 4.78 is 55.4. The van der Waals surface area contributed by atoms with Crippen LogP contribution in [-0.4, -0.2) is 21.4 Å². The van der Waals surface area contributed by atoms with E-state index in [0.717, 1.165) is 17.5 Å². The molecule has 0 radical (unpaired) electrons. The maximum absolute atomic E-state index is 13.3. The van der Waals surface area contributed by atoms with Gasteiger partial charge in [-0.05, 0) is 74.0 Å². The zero-order chi connectivity index (χ0) is 24.8. The van der Waals surface area contributed by atoms with Gasteiger partial charge in [0.25, 0.3) is 0 Å². The Morgan fingerprint density at radius 3 is 1.37 bits per heavy atom. The molecule has 1 atom stereocenters. The zero-order valence-electron chi connectivity index (χ0n) is 19.4. The summed E-state index contributed by atoms with van der Waals surface area (Å²) in [5.74, 6) is 0. The Labute approximate surface area is 205 Å².